The molecule has 1 spiro atoms. The minimum absolute atomic E-state index is 0.00258. The van der Waals surface area contributed by atoms with Gasteiger partial charge in [-0.3, -0.25) is 24.0 Å². The average molecular weight is 584 g/mol. The number of amides is 2. The Morgan fingerprint density at radius 2 is 1.50 bits per heavy atom. The molecule has 0 N–H and O–H groups in total. The van der Waals surface area contributed by atoms with Crippen molar-refractivity contribution in [3.8, 4) is 0 Å². The highest BCUT2D eigenvalue weighted by molar-refractivity contribution is 6.32. The second-order valence-corrected chi connectivity index (χ2v) is 11.2. The summed E-state index contributed by atoms with van der Waals surface area (Å²) in [5.41, 5.74) is 1.46. The van der Waals surface area contributed by atoms with Gasteiger partial charge < -0.3 is 4.74 Å². The molecular formula is C34H30ClNO6. The zero-order valence-corrected chi connectivity index (χ0v) is 24.5. The second kappa shape index (κ2) is 11.1. The quantitative estimate of drug-likeness (QED) is 0.251. The lowest BCUT2D eigenvalue weighted by Gasteiger charge is -2.35. The zero-order valence-electron chi connectivity index (χ0n) is 23.8. The highest BCUT2D eigenvalue weighted by Gasteiger charge is 2.67. The van der Waals surface area contributed by atoms with Gasteiger partial charge in [0.1, 0.15) is 11.3 Å². The van der Waals surface area contributed by atoms with Crippen LogP contribution in [0.15, 0.2) is 78.4 Å². The molecule has 3 aromatic carbocycles. The van der Waals surface area contributed by atoms with Crippen LogP contribution in [0.5, 0.6) is 0 Å². The summed E-state index contributed by atoms with van der Waals surface area (Å²) in [4.78, 5) is 70.1. The number of ketones is 2. The lowest BCUT2D eigenvalue weighted by Crippen LogP contribution is -2.52. The molecule has 0 radical (unpaired) electrons. The monoisotopic (exact) mass is 583 g/mol. The molecule has 1 aliphatic heterocycles. The average Bonchev–Trinajstić information content (AvgIpc) is 3.42. The molecule has 2 aliphatic rings. The first-order valence-electron chi connectivity index (χ1n) is 13.7. The second-order valence-electron chi connectivity index (χ2n) is 10.8. The number of esters is 1. The molecule has 0 saturated carbocycles. The molecule has 42 heavy (non-hydrogen) atoms. The number of nitrogens with zero attached hydrogens (tertiary/aromatic N) is 1. The molecule has 3 atom stereocenters. The number of hydrogen-bond donors (Lipinski definition) is 0. The van der Waals surface area contributed by atoms with Crippen molar-refractivity contribution in [2.45, 2.75) is 39.5 Å². The van der Waals surface area contributed by atoms with Gasteiger partial charge in [0.05, 0.1) is 12.3 Å². The van der Waals surface area contributed by atoms with Gasteiger partial charge in [-0.1, -0.05) is 77.3 Å². The Kier molecular flexibility index (Phi) is 7.73. The smallest absolute Gasteiger partial charge is 0.315 e. The van der Waals surface area contributed by atoms with Gasteiger partial charge in [-0.25, -0.2) is 4.90 Å². The Morgan fingerprint density at radius 3 is 2.07 bits per heavy atom. The third kappa shape index (κ3) is 4.68. The summed E-state index contributed by atoms with van der Waals surface area (Å²) < 4.78 is 5.48. The largest absolute Gasteiger partial charge is 0.465 e. The van der Waals surface area contributed by atoms with Crippen LogP contribution in [0.1, 0.15) is 57.7 Å². The number of carbonyl (C=O) groups is 5. The van der Waals surface area contributed by atoms with Gasteiger partial charge in [0, 0.05) is 41.0 Å². The molecule has 1 aliphatic carbocycles. The van der Waals surface area contributed by atoms with Crippen molar-refractivity contribution in [1.29, 1.82) is 0 Å². The maximum atomic E-state index is 14.6. The molecule has 214 valence electrons. The summed E-state index contributed by atoms with van der Waals surface area (Å²) in [5.74, 6) is -5.18. The van der Waals surface area contributed by atoms with E-state index < -0.39 is 40.8 Å². The number of Topliss-reactive ketones (excluding diaryl/α,β-unsaturated/α-hetero) is 2. The van der Waals surface area contributed by atoms with Gasteiger partial charge in [-0.2, -0.15) is 0 Å². The van der Waals surface area contributed by atoms with E-state index in [1.54, 1.807) is 67.6 Å². The number of rotatable bonds is 7. The van der Waals surface area contributed by atoms with Crippen molar-refractivity contribution in [3.05, 3.63) is 111 Å². The SMILES string of the molecule is CCOC(=O)[C@H]1C(C(=O)c2ccc(C)cc2)=C[C@@H](CC(=O)c2ccc(C)cc2)[C@@]12C(=O)N(C(C)=O)c1ccc(Cl)cc12. The highest BCUT2D eigenvalue weighted by Crippen LogP contribution is 2.59. The van der Waals surface area contributed by atoms with Crippen molar-refractivity contribution in [2.75, 3.05) is 11.5 Å². The van der Waals surface area contributed by atoms with Gasteiger partial charge in [-0.05, 0) is 44.5 Å². The maximum absolute atomic E-state index is 14.6. The Hall–Kier alpha value is -4.36. The number of ether oxygens (including phenoxy) is 1. The number of allylic oxidation sites excluding steroid dienone is 1. The molecular weight excluding hydrogens is 554 g/mol. The lowest BCUT2D eigenvalue weighted by atomic mass is 9.64. The zero-order chi connectivity index (χ0) is 30.3. The fraction of sp³-hybridized carbons (Fsp3) is 0.265. The number of halogens is 1. The van der Waals surface area contributed by atoms with Crippen LogP contribution in [0.25, 0.3) is 0 Å². The van der Waals surface area contributed by atoms with E-state index in [0.717, 1.165) is 16.0 Å². The van der Waals surface area contributed by atoms with Crippen LogP contribution >= 0.6 is 11.6 Å². The first-order chi connectivity index (χ1) is 20.0. The van der Waals surface area contributed by atoms with Crippen LogP contribution in [0.4, 0.5) is 5.69 Å². The molecule has 3 aromatic rings. The summed E-state index contributed by atoms with van der Waals surface area (Å²) in [6.07, 6.45) is 1.36. The summed E-state index contributed by atoms with van der Waals surface area (Å²) in [6, 6.07) is 18.5. The van der Waals surface area contributed by atoms with Crippen molar-refractivity contribution < 1.29 is 28.7 Å². The maximum Gasteiger partial charge on any atom is 0.315 e. The predicted molar refractivity (Wildman–Crippen MR) is 159 cm³/mol. The third-order valence-corrected chi connectivity index (χ3v) is 8.36. The van der Waals surface area contributed by atoms with E-state index in [2.05, 4.69) is 0 Å². The van der Waals surface area contributed by atoms with Crippen molar-refractivity contribution in [3.63, 3.8) is 0 Å². The summed E-state index contributed by atoms with van der Waals surface area (Å²) >= 11 is 6.44. The molecule has 1 heterocycles. The number of benzene rings is 3. The van der Waals surface area contributed by atoms with Crippen LogP contribution in [-0.2, 0) is 24.5 Å². The number of fused-ring (bicyclic) bond motifs is 2. The van der Waals surface area contributed by atoms with Crippen LogP contribution < -0.4 is 4.90 Å². The Morgan fingerprint density at radius 1 is 0.905 bits per heavy atom. The first kappa shape index (κ1) is 29.1. The van der Waals surface area contributed by atoms with E-state index in [1.807, 2.05) is 26.0 Å². The minimum Gasteiger partial charge on any atom is -0.465 e. The van der Waals surface area contributed by atoms with Crippen LogP contribution in [0, 0.1) is 25.7 Å². The van der Waals surface area contributed by atoms with E-state index in [9.17, 15) is 24.0 Å². The van der Waals surface area contributed by atoms with Gasteiger partial charge in [0.15, 0.2) is 11.6 Å². The van der Waals surface area contributed by atoms with Crippen molar-refractivity contribution in [2.24, 2.45) is 11.8 Å². The summed E-state index contributed by atoms with van der Waals surface area (Å²) in [6.45, 7) is 6.68. The molecule has 2 amide bonds. The Balaban J connectivity index is 1.76. The summed E-state index contributed by atoms with van der Waals surface area (Å²) in [5, 5.41) is 0.274. The summed E-state index contributed by atoms with van der Waals surface area (Å²) in [7, 11) is 0. The molecule has 0 saturated heterocycles. The Labute approximate surface area is 249 Å². The number of carbonyl (C=O) groups excluding carboxylic acids is 5. The molecule has 0 unspecified atom stereocenters. The fourth-order valence-electron chi connectivity index (χ4n) is 6.19. The molecule has 0 bridgehead atoms. The van der Waals surface area contributed by atoms with E-state index in [4.69, 9.17) is 16.3 Å². The number of imide groups is 1. The van der Waals surface area contributed by atoms with Gasteiger partial charge in [0.25, 0.3) is 0 Å². The van der Waals surface area contributed by atoms with Crippen molar-refractivity contribution in [1.82, 2.24) is 0 Å². The molecule has 5 rings (SSSR count). The van der Waals surface area contributed by atoms with Gasteiger partial charge in [-0.15, -0.1) is 0 Å². The number of anilines is 1. The van der Waals surface area contributed by atoms with Crippen LogP contribution in [0.2, 0.25) is 5.02 Å². The number of hydrogen-bond acceptors (Lipinski definition) is 6. The minimum atomic E-state index is -1.81. The van der Waals surface area contributed by atoms with E-state index in [1.165, 1.54) is 6.92 Å². The third-order valence-electron chi connectivity index (χ3n) is 8.13. The van der Waals surface area contributed by atoms with Crippen molar-refractivity contribution >= 4 is 46.6 Å². The topological polar surface area (TPSA) is 97.8 Å². The van der Waals surface area contributed by atoms with E-state index in [0.29, 0.717) is 16.7 Å². The predicted octanol–water partition coefficient (Wildman–Crippen LogP) is 5.98. The number of aryl methyl sites for hydroxylation is 2. The van der Waals surface area contributed by atoms with Crippen LogP contribution in [-0.4, -0.2) is 36.0 Å². The van der Waals surface area contributed by atoms with Gasteiger partial charge in [0.2, 0.25) is 11.8 Å². The first-order valence-corrected chi connectivity index (χ1v) is 14.1. The molecule has 0 aromatic heterocycles. The lowest BCUT2D eigenvalue weighted by molar-refractivity contribution is -0.152. The standard InChI is InChI=1S/C34H30ClNO6/c1-5-42-32(40)30-26(31(39)23-12-8-20(3)9-13-23)16-24(17-29(38)22-10-6-19(2)7-11-22)34(30)27-18-25(35)14-15-28(27)36(21(4)37)33(34)41/h6-16,18,24,30H,5,17H2,1-4H3/t24-,30+,34-/m0/s1. The fourth-order valence-corrected chi connectivity index (χ4v) is 6.36. The van der Waals surface area contributed by atoms with Crippen LogP contribution in [0.3, 0.4) is 0 Å². The Bertz CT molecular complexity index is 1660. The molecule has 8 heteroatoms. The molecule has 0 fully saturated rings. The highest BCUT2D eigenvalue weighted by atomic mass is 35.5. The van der Waals surface area contributed by atoms with E-state index >= 15 is 0 Å². The normalized spacial score (nSPS) is 20.8. The molecule has 7 nitrogen and oxygen atoms in total. The van der Waals surface area contributed by atoms with Gasteiger partial charge >= 0.3 is 5.97 Å². The van der Waals surface area contributed by atoms with E-state index in [-0.39, 0.29) is 35.1 Å².